The van der Waals surface area contributed by atoms with Gasteiger partial charge in [0.25, 0.3) is 0 Å². The normalized spacial score (nSPS) is 22.1. The van der Waals surface area contributed by atoms with Crippen molar-refractivity contribution < 1.29 is 0 Å². The van der Waals surface area contributed by atoms with Crippen molar-refractivity contribution in [1.82, 2.24) is 5.32 Å². The summed E-state index contributed by atoms with van der Waals surface area (Å²) >= 11 is 3.49. The first-order valence-corrected chi connectivity index (χ1v) is 5.62. The quantitative estimate of drug-likeness (QED) is 0.838. The van der Waals surface area contributed by atoms with Crippen LogP contribution in [0.5, 0.6) is 0 Å². The van der Waals surface area contributed by atoms with Crippen molar-refractivity contribution in [2.75, 3.05) is 6.54 Å². The van der Waals surface area contributed by atoms with Crippen LogP contribution in [0.1, 0.15) is 18.4 Å². The van der Waals surface area contributed by atoms with E-state index >= 15 is 0 Å². The van der Waals surface area contributed by atoms with Crippen LogP contribution in [-0.2, 0) is 6.42 Å². The van der Waals surface area contributed by atoms with Gasteiger partial charge < -0.3 is 5.32 Å². The summed E-state index contributed by atoms with van der Waals surface area (Å²) in [4.78, 5) is 0. The van der Waals surface area contributed by atoms with Crippen molar-refractivity contribution in [2.24, 2.45) is 0 Å². The summed E-state index contributed by atoms with van der Waals surface area (Å²) in [6.07, 6.45) is 3.82. The maximum Gasteiger partial charge on any atom is 0.0178 e. The maximum atomic E-state index is 3.51. The zero-order valence-corrected chi connectivity index (χ0v) is 9.18. The minimum Gasteiger partial charge on any atom is -0.314 e. The Morgan fingerprint density at radius 2 is 2.38 bits per heavy atom. The van der Waals surface area contributed by atoms with Gasteiger partial charge in [-0.1, -0.05) is 28.1 Å². The molecule has 0 unspecified atom stereocenters. The van der Waals surface area contributed by atoms with Gasteiger partial charge in [0.15, 0.2) is 0 Å². The molecule has 2 rings (SSSR count). The first-order valence-electron chi connectivity index (χ1n) is 4.82. The topological polar surface area (TPSA) is 12.0 Å². The average molecular weight is 240 g/mol. The second kappa shape index (κ2) is 4.25. The van der Waals surface area contributed by atoms with Gasteiger partial charge in [0.1, 0.15) is 0 Å². The highest BCUT2D eigenvalue weighted by Gasteiger charge is 2.13. The molecular formula is C11H14BrN. The number of halogens is 1. The van der Waals surface area contributed by atoms with E-state index < -0.39 is 0 Å². The summed E-state index contributed by atoms with van der Waals surface area (Å²) in [6, 6.07) is 9.29. The lowest BCUT2D eigenvalue weighted by atomic mass is 10.1. The van der Waals surface area contributed by atoms with Gasteiger partial charge in [0.2, 0.25) is 0 Å². The van der Waals surface area contributed by atoms with E-state index in [0.29, 0.717) is 6.04 Å². The minimum absolute atomic E-state index is 0.703. The second-order valence-electron chi connectivity index (χ2n) is 3.63. The van der Waals surface area contributed by atoms with Crippen molar-refractivity contribution in [2.45, 2.75) is 25.3 Å². The number of rotatable bonds is 2. The first-order chi connectivity index (χ1) is 6.34. The number of benzene rings is 1. The second-order valence-corrected chi connectivity index (χ2v) is 4.54. The Hall–Kier alpha value is -0.340. The molecule has 0 spiro atoms. The smallest absolute Gasteiger partial charge is 0.0178 e. The largest absolute Gasteiger partial charge is 0.314 e. The molecule has 0 radical (unpaired) electrons. The van der Waals surface area contributed by atoms with E-state index in [2.05, 4.69) is 45.5 Å². The molecule has 13 heavy (non-hydrogen) atoms. The molecule has 1 N–H and O–H groups in total. The Morgan fingerprint density at radius 3 is 3.08 bits per heavy atom. The van der Waals surface area contributed by atoms with Gasteiger partial charge >= 0.3 is 0 Å². The third kappa shape index (κ3) is 2.55. The third-order valence-corrected chi connectivity index (χ3v) is 3.03. The lowest BCUT2D eigenvalue weighted by Crippen LogP contribution is -2.23. The molecule has 1 fully saturated rings. The van der Waals surface area contributed by atoms with E-state index in [1.165, 1.54) is 35.8 Å². The molecule has 1 aliphatic rings. The summed E-state index contributed by atoms with van der Waals surface area (Å²) in [6.45, 7) is 1.19. The number of nitrogens with one attached hydrogen (secondary N) is 1. The average Bonchev–Trinajstić information content (AvgIpc) is 2.57. The van der Waals surface area contributed by atoms with Crippen molar-refractivity contribution in [3.05, 3.63) is 34.3 Å². The van der Waals surface area contributed by atoms with Gasteiger partial charge in [0, 0.05) is 10.5 Å². The van der Waals surface area contributed by atoms with E-state index in [-0.39, 0.29) is 0 Å². The molecule has 0 saturated carbocycles. The van der Waals surface area contributed by atoms with Gasteiger partial charge in [-0.3, -0.25) is 0 Å². The van der Waals surface area contributed by atoms with E-state index in [0.717, 1.165) is 0 Å². The highest BCUT2D eigenvalue weighted by atomic mass is 79.9. The van der Waals surface area contributed by atoms with Gasteiger partial charge in [0.05, 0.1) is 0 Å². The zero-order chi connectivity index (χ0) is 9.10. The molecule has 1 atom stereocenters. The molecule has 0 aliphatic carbocycles. The van der Waals surface area contributed by atoms with Crippen LogP contribution in [0.4, 0.5) is 0 Å². The number of hydrogen-bond acceptors (Lipinski definition) is 1. The maximum absolute atomic E-state index is 3.51. The third-order valence-electron chi connectivity index (χ3n) is 2.53. The summed E-state index contributed by atoms with van der Waals surface area (Å²) in [5, 5.41) is 3.51. The van der Waals surface area contributed by atoms with Crippen molar-refractivity contribution in [3.63, 3.8) is 0 Å². The Morgan fingerprint density at radius 1 is 1.46 bits per heavy atom. The molecule has 1 aromatic carbocycles. The van der Waals surface area contributed by atoms with E-state index in [4.69, 9.17) is 0 Å². The van der Waals surface area contributed by atoms with Crippen LogP contribution in [0.3, 0.4) is 0 Å². The lowest BCUT2D eigenvalue weighted by molar-refractivity contribution is 0.603. The fourth-order valence-electron chi connectivity index (χ4n) is 1.88. The van der Waals surface area contributed by atoms with E-state index in [1.54, 1.807) is 0 Å². The molecule has 70 valence electrons. The van der Waals surface area contributed by atoms with Crippen LogP contribution in [0.2, 0.25) is 0 Å². The fourth-order valence-corrected chi connectivity index (χ4v) is 2.33. The van der Waals surface area contributed by atoms with Gasteiger partial charge in [-0.25, -0.2) is 0 Å². The highest BCUT2D eigenvalue weighted by Crippen LogP contribution is 2.16. The molecule has 1 aromatic rings. The molecule has 2 heteroatoms. The fraction of sp³-hybridized carbons (Fsp3) is 0.455. The van der Waals surface area contributed by atoms with Crippen LogP contribution >= 0.6 is 15.9 Å². The Balaban J connectivity index is 2.00. The monoisotopic (exact) mass is 239 g/mol. The predicted molar refractivity (Wildman–Crippen MR) is 58.9 cm³/mol. The lowest BCUT2D eigenvalue weighted by Gasteiger charge is -2.09. The molecule has 1 aliphatic heterocycles. The molecule has 1 saturated heterocycles. The number of hydrogen-bond donors (Lipinski definition) is 1. The summed E-state index contributed by atoms with van der Waals surface area (Å²) in [5.41, 5.74) is 1.42. The zero-order valence-electron chi connectivity index (χ0n) is 7.59. The predicted octanol–water partition coefficient (Wildman–Crippen LogP) is 2.74. The Bertz CT molecular complexity index is 279. The van der Waals surface area contributed by atoms with Gasteiger partial charge in [-0.2, -0.15) is 0 Å². The summed E-state index contributed by atoms with van der Waals surface area (Å²) in [7, 11) is 0. The van der Waals surface area contributed by atoms with E-state index in [1.807, 2.05) is 0 Å². The van der Waals surface area contributed by atoms with Crippen molar-refractivity contribution in [1.29, 1.82) is 0 Å². The highest BCUT2D eigenvalue weighted by molar-refractivity contribution is 9.10. The summed E-state index contributed by atoms with van der Waals surface area (Å²) < 4.78 is 1.18. The van der Waals surface area contributed by atoms with Crippen molar-refractivity contribution >= 4 is 15.9 Å². The standard InChI is InChI=1S/C11H14BrN/c12-10-4-1-3-9(7-10)8-11-5-2-6-13-11/h1,3-4,7,11,13H,2,5-6,8H2/t11-/m0/s1. The molecule has 0 bridgehead atoms. The van der Waals surface area contributed by atoms with Crippen molar-refractivity contribution in [3.8, 4) is 0 Å². The van der Waals surface area contributed by atoms with Crippen LogP contribution in [-0.4, -0.2) is 12.6 Å². The van der Waals surface area contributed by atoms with Gasteiger partial charge in [-0.15, -0.1) is 0 Å². The van der Waals surface area contributed by atoms with Gasteiger partial charge in [-0.05, 0) is 43.5 Å². The molecular weight excluding hydrogens is 226 g/mol. The first kappa shape index (κ1) is 9.22. The Kier molecular flexibility index (Phi) is 3.01. The molecule has 0 amide bonds. The molecule has 0 aromatic heterocycles. The van der Waals surface area contributed by atoms with E-state index in [9.17, 15) is 0 Å². The molecule has 1 nitrogen and oxygen atoms in total. The van der Waals surface area contributed by atoms with Crippen LogP contribution < -0.4 is 5.32 Å². The Labute approximate surface area is 87.7 Å². The van der Waals surface area contributed by atoms with Crippen LogP contribution in [0, 0.1) is 0 Å². The SMILES string of the molecule is Brc1cccc(C[C@@H]2CCCN2)c1. The van der Waals surface area contributed by atoms with Crippen LogP contribution in [0.25, 0.3) is 0 Å². The summed E-state index contributed by atoms with van der Waals surface area (Å²) in [5.74, 6) is 0. The van der Waals surface area contributed by atoms with Crippen LogP contribution in [0.15, 0.2) is 28.7 Å². The molecule has 1 heterocycles. The minimum atomic E-state index is 0.703.